The molecule has 4 aliphatic carbocycles. The molecule has 3 nitrogen and oxygen atoms in total. The van der Waals surface area contributed by atoms with Crippen molar-refractivity contribution < 1.29 is 9.53 Å². The number of piperidine rings is 1. The van der Waals surface area contributed by atoms with Crippen LogP contribution in [0.4, 0.5) is 0 Å². The van der Waals surface area contributed by atoms with Crippen LogP contribution < -0.4 is 0 Å². The van der Waals surface area contributed by atoms with Gasteiger partial charge in [-0.1, -0.05) is 39.3 Å². The van der Waals surface area contributed by atoms with Crippen molar-refractivity contribution in [1.29, 1.82) is 0 Å². The highest BCUT2D eigenvalue weighted by atomic mass is 16.6. The van der Waals surface area contributed by atoms with Crippen LogP contribution in [0.2, 0.25) is 0 Å². The normalized spacial score (nSPS) is 60.7. The maximum absolute atomic E-state index is 12.0. The second kappa shape index (κ2) is 5.52. The van der Waals surface area contributed by atoms with E-state index in [4.69, 9.17) is 4.74 Å². The Hall–Kier alpha value is -0.930. The maximum atomic E-state index is 12.0. The van der Waals surface area contributed by atoms with Crippen molar-refractivity contribution >= 4 is 5.78 Å². The van der Waals surface area contributed by atoms with Crippen LogP contribution in [-0.2, 0) is 9.53 Å². The summed E-state index contributed by atoms with van der Waals surface area (Å²) in [5, 5.41) is 0. The van der Waals surface area contributed by atoms with Gasteiger partial charge in [-0.05, 0) is 85.7 Å². The van der Waals surface area contributed by atoms with Crippen LogP contribution in [0.25, 0.3) is 0 Å². The molecule has 0 aromatic carbocycles. The summed E-state index contributed by atoms with van der Waals surface area (Å²) in [6, 6.07) is 0.731. The standard InChI is InChI=1S/C27H37NO2/c1-15-11-23-27(30-23)16(2)24-22(28(27)14-15)13-21-19-6-5-17-12-18(29)7-9-25(17,3)20(19)8-10-26(21,24)4/h7,9,12,15-16,19-24H,5-6,8,10-11,13-14H2,1-4H3/t15-,16-,19-,20-,21-,22-,23+,24-,25-,26-,27+/m0/s1. The van der Waals surface area contributed by atoms with Crippen molar-refractivity contribution in [3.05, 3.63) is 23.8 Å². The Labute approximate surface area is 181 Å². The van der Waals surface area contributed by atoms with Gasteiger partial charge in [-0.15, -0.1) is 0 Å². The highest BCUT2D eigenvalue weighted by molar-refractivity contribution is 6.01. The van der Waals surface area contributed by atoms with Gasteiger partial charge in [0.25, 0.3) is 0 Å². The summed E-state index contributed by atoms with van der Waals surface area (Å²) < 4.78 is 6.51. The number of hydrogen-bond acceptors (Lipinski definition) is 3. The minimum Gasteiger partial charge on any atom is -0.350 e. The topological polar surface area (TPSA) is 32.8 Å². The first-order valence-corrected chi connectivity index (χ1v) is 12.7. The van der Waals surface area contributed by atoms with Crippen LogP contribution in [0.15, 0.2) is 23.8 Å². The van der Waals surface area contributed by atoms with Crippen molar-refractivity contribution in [2.24, 2.45) is 46.3 Å². The molecule has 11 atom stereocenters. The van der Waals surface area contributed by atoms with Crippen LogP contribution in [0.1, 0.15) is 66.2 Å². The van der Waals surface area contributed by atoms with Gasteiger partial charge in [-0.2, -0.15) is 0 Å². The van der Waals surface area contributed by atoms with Gasteiger partial charge in [-0.3, -0.25) is 9.69 Å². The fourth-order valence-corrected chi connectivity index (χ4v) is 10.4. The van der Waals surface area contributed by atoms with Gasteiger partial charge in [0.2, 0.25) is 0 Å². The summed E-state index contributed by atoms with van der Waals surface area (Å²) >= 11 is 0. The molecule has 162 valence electrons. The fraction of sp³-hybridized carbons (Fsp3) is 0.815. The van der Waals surface area contributed by atoms with Gasteiger partial charge in [-0.25, -0.2) is 0 Å². The van der Waals surface area contributed by atoms with Gasteiger partial charge in [0.05, 0.1) is 0 Å². The highest BCUT2D eigenvalue weighted by Gasteiger charge is 2.78. The van der Waals surface area contributed by atoms with E-state index < -0.39 is 0 Å². The first-order chi connectivity index (χ1) is 14.3. The summed E-state index contributed by atoms with van der Waals surface area (Å²) in [6.07, 6.45) is 14.4. The first kappa shape index (κ1) is 18.6. The average molecular weight is 408 g/mol. The van der Waals surface area contributed by atoms with Crippen LogP contribution in [-0.4, -0.2) is 35.1 Å². The number of carbonyl (C=O) groups is 1. The van der Waals surface area contributed by atoms with E-state index in [0.717, 1.165) is 36.1 Å². The van der Waals surface area contributed by atoms with Crippen LogP contribution in [0.5, 0.6) is 0 Å². The lowest BCUT2D eigenvalue weighted by atomic mass is 9.47. The summed E-state index contributed by atoms with van der Waals surface area (Å²) in [7, 11) is 0. The number of hydrogen-bond donors (Lipinski definition) is 0. The Kier molecular flexibility index (Phi) is 3.42. The molecule has 0 N–H and O–H groups in total. The van der Waals surface area contributed by atoms with E-state index >= 15 is 0 Å². The molecule has 3 saturated carbocycles. The molecule has 7 rings (SSSR count). The molecule has 0 radical (unpaired) electrons. The van der Waals surface area contributed by atoms with E-state index in [1.54, 1.807) is 0 Å². The molecule has 0 aromatic rings. The largest absolute Gasteiger partial charge is 0.350 e. The minimum atomic E-state index is 0.105. The molecule has 0 aromatic heterocycles. The van der Waals surface area contributed by atoms with Gasteiger partial charge < -0.3 is 4.74 Å². The highest BCUT2D eigenvalue weighted by Crippen LogP contribution is 2.73. The molecule has 30 heavy (non-hydrogen) atoms. The van der Waals surface area contributed by atoms with E-state index in [0.29, 0.717) is 23.4 Å². The van der Waals surface area contributed by atoms with Crippen LogP contribution in [0, 0.1) is 46.3 Å². The Morgan fingerprint density at radius 1 is 1.13 bits per heavy atom. The monoisotopic (exact) mass is 407 g/mol. The molecule has 6 fully saturated rings. The molecule has 7 aliphatic rings. The van der Waals surface area contributed by atoms with Crippen LogP contribution >= 0.6 is 0 Å². The second-order valence-corrected chi connectivity index (χ2v) is 12.6. The molecule has 3 saturated heterocycles. The summed E-state index contributed by atoms with van der Waals surface area (Å²) in [5.74, 6) is 4.81. The zero-order chi connectivity index (χ0) is 20.6. The van der Waals surface area contributed by atoms with Crippen molar-refractivity contribution in [3.63, 3.8) is 0 Å². The van der Waals surface area contributed by atoms with Gasteiger partial charge >= 0.3 is 0 Å². The number of fused-ring (bicyclic) bond motifs is 8. The number of rotatable bonds is 0. The molecule has 0 unspecified atom stereocenters. The SMILES string of the molecule is C[C@H]1C[C@H]2O[C@]23[C@@H](C)[C@H]2[C@H](C[C@H]4[C@H]5CCC6=CC(=O)C=C[C@]6(C)[C@H]5CC[C@]24C)N3C1. The quantitative estimate of drug-likeness (QED) is 0.531. The summed E-state index contributed by atoms with van der Waals surface area (Å²) in [5.41, 5.74) is 2.10. The minimum absolute atomic E-state index is 0.105. The third kappa shape index (κ3) is 1.95. The van der Waals surface area contributed by atoms with E-state index in [-0.39, 0.29) is 16.9 Å². The summed E-state index contributed by atoms with van der Waals surface area (Å²) in [4.78, 5) is 14.9. The van der Waals surface area contributed by atoms with Gasteiger partial charge in [0, 0.05) is 23.9 Å². The van der Waals surface area contributed by atoms with Gasteiger partial charge in [0.15, 0.2) is 11.5 Å². The average Bonchev–Trinajstić information content (AvgIpc) is 3.28. The molecule has 3 aliphatic heterocycles. The van der Waals surface area contributed by atoms with E-state index in [2.05, 4.69) is 38.7 Å². The van der Waals surface area contributed by atoms with Crippen molar-refractivity contribution in [2.75, 3.05) is 6.54 Å². The Balaban J connectivity index is 1.25. The number of carbonyl (C=O) groups excluding carboxylic acids is 1. The van der Waals surface area contributed by atoms with Crippen LogP contribution in [0.3, 0.4) is 0 Å². The molecule has 0 bridgehead atoms. The predicted octanol–water partition coefficient (Wildman–Crippen LogP) is 4.98. The number of nitrogens with zero attached hydrogens (tertiary/aromatic N) is 1. The van der Waals surface area contributed by atoms with Crippen molar-refractivity contribution in [1.82, 2.24) is 4.90 Å². The lowest BCUT2D eigenvalue weighted by molar-refractivity contribution is -0.111. The number of ketones is 1. The number of allylic oxidation sites excluding steroid dienone is 4. The van der Waals surface area contributed by atoms with Crippen molar-refractivity contribution in [3.8, 4) is 0 Å². The predicted molar refractivity (Wildman–Crippen MR) is 117 cm³/mol. The van der Waals surface area contributed by atoms with Crippen molar-refractivity contribution in [2.45, 2.75) is 84.1 Å². The zero-order valence-corrected chi connectivity index (χ0v) is 19.1. The third-order valence-electron chi connectivity index (χ3n) is 11.6. The zero-order valence-electron chi connectivity index (χ0n) is 19.1. The molecular formula is C27H37NO2. The lowest BCUT2D eigenvalue weighted by Crippen LogP contribution is -2.51. The molecule has 3 heteroatoms. The molecule has 0 amide bonds. The first-order valence-electron chi connectivity index (χ1n) is 12.7. The van der Waals surface area contributed by atoms with Gasteiger partial charge in [0.1, 0.15) is 6.10 Å². The lowest BCUT2D eigenvalue weighted by Gasteiger charge is -2.57. The number of ether oxygens (including phenoxy) is 1. The molecule has 3 heterocycles. The van der Waals surface area contributed by atoms with E-state index in [1.165, 1.54) is 44.2 Å². The Morgan fingerprint density at radius 2 is 1.97 bits per heavy atom. The Bertz CT molecular complexity index is 891. The smallest absolute Gasteiger partial charge is 0.178 e. The summed E-state index contributed by atoms with van der Waals surface area (Å²) in [6.45, 7) is 11.3. The molecular weight excluding hydrogens is 370 g/mol. The maximum Gasteiger partial charge on any atom is 0.178 e. The number of epoxide rings is 1. The fourth-order valence-electron chi connectivity index (χ4n) is 10.4. The third-order valence-corrected chi connectivity index (χ3v) is 11.6. The Morgan fingerprint density at radius 3 is 2.80 bits per heavy atom. The van der Waals surface area contributed by atoms with E-state index in [9.17, 15) is 4.79 Å². The second-order valence-electron chi connectivity index (χ2n) is 12.6. The molecule has 1 spiro atoms. The van der Waals surface area contributed by atoms with E-state index in [1.807, 2.05) is 12.2 Å².